The van der Waals surface area contributed by atoms with E-state index in [0.717, 1.165) is 128 Å². The summed E-state index contributed by atoms with van der Waals surface area (Å²) in [5.74, 6) is -1.13. The van der Waals surface area contributed by atoms with Gasteiger partial charge in [-0.3, -0.25) is 14.4 Å². The predicted molar refractivity (Wildman–Crippen MR) is 334 cm³/mol. The molecule has 0 radical (unpaired) electrons. The highest BCUT2D eigenvalue weighted by molar-refractivity contribution is 5.71. The SMILES string of the molecule is CC/C=C\C/C=C\C/C=C\C/C=C\C/C=C\C/C=C\C/C=C\C/C=C\CCCCCCCCCCC(=O)OCC(COC(=O)CC/C=C\C/C=C\C/C=C\C/C=C\CC)OC(=O)CC/C=C\C/C=C\C/C=C\C/C=C\CC. The van der Waals surface area contributed by atoms with Crippen molar-refractivity contribution in [3.05, 3.63) is 194 Å². The number of allylic oxidation sites excluding steroid dienone is 32. The van der Waals surface area contributed by atoms with Crippen molar-refractivity contribution in [2.45, 2.75) is 219 Å². The van der Waals surface area contributed by atoms with Crippen LogP contribution >= 0.6 is 0 Å². The molecule has 0 bridgehead atoms. The van der Waals surface area contributed by atoms with Crippen LogP contribution in [0.3, 0.4) is 0 Å². The molecule has 0 saturated carbocycles. The quantitative estimate of drug-likeness (QED) is 0.0261. The van der Waals surface area contributed by atoms with Crippen molar-refractivity contribution in [2.24, 2.45) is 0 Å². The number of carbonyl (C=O) groups excluding carboxylic acids is 3. The van der Waals surface area contributed by atoms with Crippen LogP contribution in [0, 0.1) is 0 Å². The van der Waals surface area contributed by atoms with Crippen molar-refractivity contribution in [2.75, 3.05) is 13.2 Å². The van der Waals surface area contributed by atoms with E-state index >= 15 is 0 Å². The van der Waals surface area contributed by atoms with Gasteiger partial charge in [-0.25, -0.2) is 0 Å². The molecule has 1 atom stereocenters. The molecule has 426 valence electrons. The second-order valence-corrected chi connectivity index (χ2v) is 18.8. The zero-order chi connectivity index (χ0) is 55.7. The van der Waals surface area contributed by atoms with Crippen LogP contribution in [0.4, 0.5) is 0 Å². The van der Waals surface area contributed by atoms with Gasteiger partial charge in [-0.15, -0.1) is 0 Å². The molecule has 0 aromatic heterocycles. The highest BCUT2D eigenvalue weighted by atomic mass is 16.6. The van der Waals surface area contributed by atoms with Gasteiger partial charge >= 0.3 is 17.9 Å². The minimum atomic E-state index is -0.859. The molecule has 1 unspecified atom stereocenters. The third-order valence-electron chi connectivity index (χ3n) is 11.6. The third kappa shape index (κ3) is 61.0. The van der Waals surface area contributed by atoms with E-state index in [-0.39, 0.29) is 38.0 Å². The molecule has 77 heavy (non-hydrogen) atoms. The number of ether oxygens (including phenoxy) is 3. The fraction of sp³-hybridized carbons (Fsp3) is 0.507. The van der Waals surface area contributed by atoms with Crippen LogP contribution in [0.1, 0.15) is 213 Å². The van der Waals surface area contributed by atoms with Crippen molar-refractivity contribution >= 4 is 17.9 Å². The Bertz CT molecular complexity index is 1880. The normalized spacial score (nSPS) is 13.5. The molecule has 0 fully saturated rings. The molecule has 0 heterocycles. The van der Waals surface area contributed by atoms with E-state index in [0.29, 0.717) is 19.3 Å². The number of unbranched alkanes of at least 4 members (excludes halogenated alkanes) is 8. The third-order valence-corrected chi connectivity index (χ3v) is 11.6. The van der Waals surface area contributed by atoms with Gasteiger partial charge in [-0.2, -0.15) is 0 Å². The van der Waals surface area contributed by atoms with Gasteiger partial charge in [-0.05, 0) is 135 Å². The van der Waals surface area contributed by atoms with E-state index in [4.69, 9.17) is 14.2 Å². The van der Waals surface area contributed by atoms with E-state index in [1.165, 1.54) is 32.1 Å². The molecule has 6 nitrogen and oxygen atoms in total. The Morgan fingerprint density at radius 2 is 0.494 bits per heavy atom. The topological polar surface area (TPSA) is 78.9 Å². The summed E-state index contributed by atoms with van der Waals surface area (Å²) in [6, 6.07) is 0. The Morgan fingerprint density at radius 3 is 0.805 bits per heavy atom. The minimum Gasteiger partial charge on any atom is -0.462 e. The van der Waals surface area contributed by atoms with Crippen LogP contribution in [0.15, 0.2) is 194 Å². The molecule has 0 spiro atoms. The summed E-state index contributed by atoms with van der Waals surface area (Å²) in [6.45, 7) is 6.13. The Balaban J connectivity index is 4.36. The first-order valence-corrected chi connectivity index (χ1v) is 29.9. The van der Waals surface area contributed by atoms with Crippen molar-refractivity contribution in [1.29, 1.82) is 0 Å². The molecule has 0 aliphatic rings. The zero-order valence-electron chi connectivity index (χ0n) is 48.6. The molecule has 0 aliphatic carbocycles. The molecule has 0 N–H and O–H groups in total. The van der Waals surface area contributed by atoms with E-state index in [9.17, 15) is 14.4 Å². The van der Waals surface area contributed by atoms with Crippen molar-refractivity contribution in [3.63, 3.8) is 0 Å². The maximum atomic E-state index is 12.8. The maximum absolute atomic E-state index is 12.8. The molecule has 0 saturated heterocycles. The molecular formula is C71H106O6. The van der Waals surface area contributed by atoms with Gasteiger partial charge < -0.3 is 14.2 Å². The number of esters is 3. The monoisotopic (exact) mass is 1050 g/mol. The largest absolute Gasteiger partial charge is 0.462 e. The Hall–Kier alpha value is -5.75. The molecule has 6 heteroatoms. The summed E-state index contributed by atoms with van der Waals surface area (Å²) in [5, 5.41) is 0. The molecular weight excluding hydrogens is 949 g/mol. The first-order chi connectivity index (χ1) is 38.0. The summed E-state index contributed by atoms with van der Waals surface area (Å²) in [6.07, 6.45) is 96.1. The van der Waals surface area contributed by atoms with Gasteiger partial charge in [0.15, 0.2) is 6.10 Å². The Morgan fingerprint density at radius 1 is 0.260 bits per heavy atom. The Labute approximate surface area is 471 Å². The molecule has 0 amide bonds. The fourth-order valence-electron chi connectivity index (χ4n) is 7.25. The molecule has 0 aromatic rings. The average Bonchev–Trinajstić information content (AvgIpc) is 3.43. The molecule has 0 aromatic carbocycles. The van der Waals surface area contributed by atoms with Crippen LogP contribution < -0.4 is 0 Å². The standard InChI is InChI=1S/C71H106O6/c1-4-7-10-13-16-19-22-25-26-27-28-29-30-31-32-33-34-35-36-37-38-39-40-41-42-43-44-47-49-52-55-58-61-64-70(73)76-67-68(77-71(74)65-62-59-56-53-50-46-24-21-18-15-12-9-6-3)66-75-69(72)63-60-57-54-51-48-45-23-20-17-14-11-8-5-2/h7-12,16-21,25-26,28-29,31-32,34-35,37-38,40-41,45-46,48,50,54,56-57,59,68H,4-6,13-15,22-24,27,30,33,36,39,42-44,47,49,51-53,55,58,60-67H2,1-3H3/b10-7-,11-8-,12-9-,19-16-,20-17-,21-18-,26-25-,29-28-,32-31-,35-34-,38-37-,41-40-,48-45-,50-46-,57-54-,59-56-. The number of carbonyl (C=O) groups is 3. The molecule has 0 aliphatic heterocycles. The van der Waals surface area contributed by atoms with Gasteiger partial charge in [0.2, 0.25) is 0 Å². The lowest BCUT2D eigenvalue weighted by Crippen LogP contribution is -2.30. The second-order valence-electron chi connectivity index (χ2n) is 18.8. The van der Waals surface area contributed by atoms with E-state index in [2.05, 4.69) is 191 Å². The Kier molecular flexibility index (Phi) is 58.1. The maximum Gasteiger partial charge on any atom is 0.306 e. The number of rotatable bonds is 51. The fourth-order valence-corrected chi connectivity index (χ4v) is 7.25. The molecule has 0 rings (SSSR count). The highest BCUT2D eigenvalue weighted by Crippen LogP contribution is 2.13. The van der Waals surface area contributed by atoms with Crippen molar-refractivity contribution < 1.29 is 28.6 Å². The van der Waals surface area contributed by atoms with Crippen LogP contribution in [-0.4, -0.2) is 37.2 Å². The second kappa shape index (κ2) is 62.8. The summed E-state index contributed by atoms with van der Waals surface area (Å²) in [7, 11) is 0. The van der Waals surface area contributed by atoms with Gasteiger partial charge in [-0.1, -0.05) is 254 Å². The number of hydrogen-bond acceptors (Lipinski definition) is 6. The number of hydrogen-bond donors (Lipinski definition) is 0. The highest BCUT2D eigenvalue weighted by Gasteiger charge is 2.19. The first kappa shape index (κ1) is 71.2. The van der Waals surface area contributed by atoms with Gasteiger partial charge in [0, 0.05) is 19.3 Å². The summed E-state index contributed by atoms with van der Waals surface area (Å²) in [4.78, 5) is 38.0. The van der Waals surface area contributed by atoms with E-state index < -0.39 is 12.1 Å². The summed E-state index contributed by atoms with van der Waals surface area (Å²) < 4.78 is 16.7. The smallest absolute Gasteiger partial charge is 0.306 e. The summed E-state index contributed by atoms with van der Waals surface area (Å²) >= 11 is 0. The van der Waals surface area contributed by atoms with Gasteiger partial charge in [0.1, 0.15) is 13.2 Å². The lowest BCUT2D eigenvalue weighted by Gasteiger charge is -2.18. The summed E-state index contributed by atoms with van der Waals surface area (Å²) in [5.41, 5.74) is 0. The van der Waals surface area contributed by atoms with Crippen molar-refractivity contribution in [1.82, 2.24) is 0 Å². The van der Waals surface area contributed by atoms with Gasteiger partial charge in [0.05, 0.1) is 0 Å². The van der Waals surface area contributed by atoms with Crippen molar-refractivity contribution in [3.8, 4) is 0 Å². The van der Waals surface area contributed by atoms with Crippen LogP contribution in [0.25, 0.3) is 0 Å². The van der Waals surface area contributed by atoms with Crippen LogP contribution in [0.2, 0.25) is 0 Å². The van der Waals surface area contributed by atoms with E-state index in [1.807, 2.05) is 24.3 Å². The van der Waals surface area contributed by atoms with Crippen LogP contribution in [0.5, 0.6) is 0 Å². The van der Waals surface area contributed by atoms with Crippen LogP contribution in [-0.2, 0) is 28.6 Å². The van der Waals surface area contributed by atoms with Gasteiger partial charge in [0.25, 0.3) is 0 Å². The average molecular weight is 1060 g/mol. The zero-order valence-corrected chi connectivity index (χ0v) is 48.6. The van der Waals surface area contributed by atoms with E-state index in [1.54, 1.807) is 0 Å². The lowest BCUT2D eigenvalue weighted by atomic mass is 10.1. The lowest BCUT2D eigenvalue weighted by molar-refractivity contribution is -0.166. The first-order valence-electron chi connectivity index (χ1n) is 29.9. The predicted octanol–water partition coefficient (Wildman–Crippen LogP) is 20.6. The minimum absolute atomic E-state index is 0.143.